The second kappa shape index (κ2) is 4.82. The Morgan fingerprint density at radius 1 is 1.46 bits per heavy atom. The topological polar surface area (TPSA) is 37.3 Å². The number of allylic oxidation sites excluding steroid dienone is 1. The molecule has 0 amide bonds. The largest absolute Gasteiger partial charge is 0.478 e. The Labute approximate surface area is 85.3 Å². The molecular formula is C9H17ClO2Si. The minimum absolute atomic E-state index is 0.438. The van der Waals surface area contributed by atoms with Gasteiger partial charge in [-0.1, -0.05) is 31.6 Å². The summed E-state index contributed by atoms with van der Waals surface area (Å²) in [5.74, 6) is -0.843. The number of rotatable bonds is 4. The standard InChI is InChI=1S/C9H17ClO2Si/c1-5-6-8(13(3,4)10)7(2)9(11)12/h5-6H2,1-4H3,(H,11,12)/b8-7+. The van der Waals surface area contributed by atoms with E-state index < -0.39 is 13.4 Å². The summed E-state index contributed by atoms with van der Waals surface area (Å²) in [4.78, 5) is 10.8. The Morgan fingerprint density at radius 3 is 2.15 bits per heavy atom. The highest BCUT2D eigenvalue weighted by Crippen LogP contribution is 2.26. The van der Waals surface area contributed by atoms with Gasteiger partial charge < -0.3 is 5.11 Å². The van der Waals surface area contributed by atoms with Crippen molar-refractivity contribution >= 4 is 24.4 Å². The fourth-order valence-electron chi connectivity index (χ4n) is 1.31. The van der Waals surface area contributed by atoms with Crippen molar-refractivity contribution in [3.8, 4) is 0 Å². The first-order valence-electron chi connectivity index (χ1n) is 4.43. The summed E-state index contributed by atoms with van der Waals surface area (Å²) in [6.07, 6.45) is 1.75. The monoisotopic (exact) mass is 220 g/mol. The third-order valence-electron chi connectivity index (χ3n) is 1.99. The van der Waals surface area contributed by atoms with Crippen LogP contribution in [0.3, 0.4) is 0 Å². The minimum Gasteiger partial charge on any atom is -0.478 e. The molecule has 1 N–H and O–H groups in total. The molecule has 4 heteroatoms. The highest BCUT2D eigenvalue weighted by molar-refractivity contribution is 7.23. The molecule has 0 aromatic carbocycles. The summed E-state index contributed by atoms with van der Waals surface area (Å²) in [7, 11) is -1.96. The van der Waals surface area contributed by atoms with E-state index in [-0.39, 0.29) is 0 Å². The van der Waals surface area contributed by atoms with Gasteiger partial charge in [-0.05, 0) is 13.3 Å². The van der Waals surface area contributed by atoms with Crippen LogP contribution in [0.1, 0.15) is 26.7 Å². The molecule has 2 nitrogen and oxygen atoms in total. The summed E-state index contributed by atoms with van der Waals surface area (Å²) >= 11 is 6.23. The van der Waals surface area contributed by atoms with Gasteiger partial charge >= 0.3 is 5.97 Å². The van der Waals surface area contributed by atoms with Crippen LogP contribution in [0.4, 0.5) is 0 Å². The van der Waals surface area contributed by atoms with Gasteiger partial charge in [0.25, 0.3) is 0 Å². The maximum absolute atomic E-state index is 10.8. The second-order valence-electron chi connectivity index (χ2n) is 3.63. The van der Waals surface area contributed by atoms with Crippen molar-refractivity contribution in [1.29, 1.82) is 0 Å². The Hall–Kier alpha value is -0.283. The average molecular weight is 221 g/mol. The zero-order valence-corrected chi connectivity index (χ0v) is 10.4. The molecule has 0 radical (unpaired) electrons. The first kappa shape index (κ1) is 12.7. The van der Waals surface area contributed by atoms with E-state index in [1.165, 1.54) is 0 Å². The molecule has 0 heterocycles. The summed E-state index contributed by atoms with van der Waals surface area (Å²) in [5, 5.41) is 9.81. The van der Waals surface area contributed by atoms with Gasteiger partial charge in [0.05, 0.1) is 0 Å². The Morgan fingerprint density at radius 2 is 1.92 bits per heavy atom. The number of hydrogen-bond donors (Lipinski definition) is 1. The maximum atomic E-state index is 10.8. The lowest BCUT2D eigenvalue weighted by molar-refractivity contribution is -0.132. The van der Waals surface area contributed by atoms with E-state index in [0.717, 1.165) is 18.0 Å². The van der Waals surface area contributed by atoms with Gasteiger partial charge in [0.2, 0.25) is 0 Å². The van der Waals surface area contributed by atoms with Crippen molar-refractivity contribution in [2.75, 3.05) is 0 Å². The lowest BCUT2D eigenvalue weighted by Crippen LogP contribution is -2.24. The lowest BCUT2D eigenvalue weighted by atomic mass is 10.2. The molecule has 0 aliphatic rings. The molecule has 0 atom stereocenters. The molecule has 0 bridgehead atoms. The molecule has 0 rings (SSSR count). The van der Waals surface area contributed by atoms with E-state index in [1.807, 2.05) is 20.0 Å². The summed E-state index contributed by atoms with van der Waals surface area (Å²) in [5.41, 5.74) is 0.438. The average Bonchev–Trinajstić information content (AvgIpc) is 1.96. The highest BCUT2D eigenvalue weighted by atomic mass is 35.6. The van der Waals surface area contributed by atoms with Gasteiger partial charge in [0, 0.05) is 5.57 Å². The van der Waals surface area contributed by atoms with Crippen LogP contribution in [-0.4, -0.2) is 18.5 Å². The summed E-state index contributed by atoms with van der Waals surface area (Å²) in [6, 6.07) is 0. The van der Waals surface area contributed by atoms with E-state index in [4.69, 9.17) is 16.2 Å². The molecular weight excluding hydrogens is 204 g/mol. The van der Waals surface area contributed by atoms with Crippen LogP contribution in [0, 0.1) is 0 Å². The molecule has 0 unspecified atom stereocenters. The summed E-state index contributed by atoms with van der Waals surface area (Å²) < 4.78 is 0. The fourth-order valence-corrected chi connectivity index (χ4v) is 3.86. The number of halogens is 1. The smallest absolute Gasteiger partial charge is 0.330 e. The molecule has 0 aromatic rings. The first-order chi connectivity index (χ1) is 5.80. The van der Waals surface area contributed by atoms with Crippen LogP contribution < -0.4 is 0 Å². The molecule has 0 aromatic heterocycles. The SMILES string of the molecule is CCC/C(=C(/C)C(=O)O)[Si](C)(C)Cl. The van der Waals surface area contributed by atoms with E-state index in [2.05, 4.69) is 0 Å². The van der Waals surface area contributed by atoms with Gasteiger partial charge in [-0.15, -0.1) is 0 Å². The van der Waals surface area contributed by atoms with Gasteiger partial charge in [-0.2, -0.15) is 11.1 Å². The Bertz CT molecular complexity index is 228. The number of carbonyl (C=O) groups is 1. The normalized spacial score (nSPS) is 13.9. The third kappa shape index (κ3) is 3.96. The molecule has 0 spiro atoms. The second-order valence-corrected chi connectivity index (χ2v) is 10.0. The minimum atomic E-state index is -1.96. The molecule has 0 aliphatic heterocycles. The molecule has 0 saturated heterocycles. The third-order valence-corrected chi connectivity index (χ3v) is 4.74. The van der Waals surface area contributed by atoms with Crippen LogP contribution in [-0.2, 0) is 4.79 Å². The van der Waals surface area contributed by atoms with E-state index in [0.29, 0.717) is 5.57 Å². The molecule has 0 saturated carbocycles. The number of aliphatic carboxylic acids is 1. The lowest BCUT2D eigenvalue weighted by Gasteiger charge is -2.19. The predicted octanol–water partition coefficient (Wildman–Crippen LogP) is 3.17. The van der Waals surface area contributed by atoms with Gasteiger partial charge in [0.1, 0.15) is 0 Å². The fraction of sp³-hybridized carbons (Fsp3) is 0.667. The predicted molar refractivity (Wildman–Crippen MR) is 58.6 cm³/mol. The molecule has 13 heavy (non-hydrogen) atoms. The van der Waals surface area contributed by atoms with Crippen LogP contribution in [0.2, 0.25) is 13.1 Å². The van der Waals surface area contributed by atoms with Crippen molar-refractivity contribution in [2.45, 2.75) is 39.8 Å². The van der Waals surface area contributed by atoms with E-state index >= 15 is 0 Å². The van der Waals surface area contributed by atoms with Crippen molar-refractivity contribution < 1.29 is 9.90 Å². The first-order valence-corrected chi connectivity index (χ1v) is 8.44. The van der Waals surface area contributed by atoms with Crippen molar-refractivity contribution in [3.05, 3.63) is 10.8 Å². The van der Waals surface area contributed by atoms with Crippen molar-refractivity contribution in [2.24, 2.45) is 0 Å². The number of carboxylic acid groups (broad SMARTS) is 1. The van der Waals surface area contributed by atoms with Crippen LogP contribution >= 0.6 is 11.1 Å². The molecule has 0 aliphatic carbocycles. The van der Waals surface area contributed by atoms with Crippen molar-refractivity contribution in [1.82, 2.24) is 0 Å². The number of carboxylic acids is 1. The highest BCUT2D eigenvalue weighted by Gasteiger charge is 2.26. The Balaban J connectivity index is 5.00. The molecule has 0 fully saturated rings. The molecule has 76 valence electrons. The Kier molecular flexibility index (Phi) is 4.71. The maximum Gasteiger partial charge on any atom is 0.330 e. The van der Waals surface area contributed by atoms with Crippen LogP contribution in [0.5, 0.6) is 0 Å². The zero-order valence-electron chi connectivity index (χ0n) is 8.65. The van der Waals surface area contributed by atoms with Crippen LogP contribution in [0.15, 0.2) is 10.8 Å². The van der Waals surface area contributed by atoms with Gasteiger partial charge in [0.15, 0.2) is 7.38 Å². The number of hydrogen-bond acceptors (Lipinski definition) is 1. The van der Waals surface area contributed by atoms with Crippen molar-refractivity contribution in [3.63, 3.8) is 0 Å². The van der Waals surface area contributed by atoms with Gasteiger partial charge in [-0.25, -0.2) is 4.79 Å². The van der Waals surface area contributed by atoms with Gasteiger partial charge in [-0.3, -0.25) is 0 Å². The zero-order chi connectivity index (χ0) is 10.6. The van der Waals surface area contributed by atoms with E-state index in [9.17, 15) is 4.79 Å². The quantitative estimate of drug-likeness (QED) is 0.449. The summed E-state index contributed by atoms with van der Waals surface area (Å²) in [6.45, 7) is 7.61. The van der Waals surface area contributed by atoms with E-state index in [1.54, 1.807) is 6.92 Å². The van der Waals surface area contributed by atoms with Crippen LogP contribution in [0.25, 0.3) is 0 Å².